The molecular formula is C12H24N2O4. The third-order valence-corrected chi connectivity index (χ3v) is 2.54. The van der Waals surface area contributed by atoms with Gasteiger partial charge >= 0.3 is 5.97 Å². The Kier molecular flexibility index (Phi) is 9.22. The van der Waals surface area contributed by atoms with E-state index in [1.807, 2.05) is 6.92 Å². The van der Waals surface area contributed by atoms with Gasteiger partial charge in [-0.1, -0.05) is 0 Å². The lowest BCUT2D eigenvalue weighted by Crippen LogP contribution is -2.40. The molecular weight excluding hydrogens is 236 g/mol. The molecule has 0 aliphatic heterocycles. The maximum Gasteiger partial charge on any atom is 0.326 e. The summed E-state index contributed by atoms with van der Waals surface area (Å²) in [5, 5.41) is 11.5. The summed E-state index contributed by atoms with van der Waals surface area (Å²) in [6, 6.07) is -0.766. The van der Waals surface area contributed by atoms with Gasteiger partial charge in [-0.3, -0.25) is 4.79 Å². The molecule has 0 saturated carbocycles. The minimum absolute atomic E-state index is 0.0646. The molecule has 0 radical (unpaired) electrons. The Morgan fingerprint density at radius 1 is 1.33 bits per heavy atom. The van der Waals surface area contributed by atoms with Crippen molar-refractivity contribution < 1.29 is 19.4 Å². The maximum atomic E-state index is 11.5. The normalized spacial score (nSPS) is 13.9. The molecule has 2 atom stereocenters. The van der Waals surface area contributed by atoms with Crippen LogP contribution in [0.3, 0.4) is 0 Å². The van der Waals surface area contributed by atoms with Crippen LogP contribution in [-0.2, 0) is 14.3 Å². The smallest absolute Gasteiger partial charge is 0.326 e. The molecule has 0 heterocycles. The van der Waals surface area contributed by atoms with Gasteiger partial charge in [-0.2, -0.15) is 0 Å². The van der Waals surface area contributed by atoms with Crippen LogP contribution in [0.15, 0.2) is 0 Å². The zero-order valence-electron chi connectivity index (χ0n) is 11.1. The first-order valence-electron chi connectivity index (χ1n) is 6.24. The molecule has 0 saturated heterocycles. The standard InChI is InChI=1S/C12H24N2O4/c1-9(13)5-3-7-11(15)14-10(12(16)17)6-4-8-18-2/h9-10H,3-8,13H2,1-2H3,(H,14,15)(H,16,17). The third-order valence-electron chi connectivity index (χ3n) is 2.54. The molecule has 0 aromatic heterocycles. The van der Waals surface area contributed by atoms with Crippen LogP contribution < -0.4 is 11.1 Å². The summed E-state index contributed by atoms with van der Waals surface area (Å²) in [4.78, 5) is 22.5. The van der Waals surface area contributed by atoms with Crippen LogP contribution in [0.4, 0.5) is 0 Å². The quantitative estimate of drug-likeness (QED) is 0.496. The lowest BCUT2D eigenvalue weighted by Gasteiger charge is -2.14. The number of carbonyl (C=O) groups is 2. The topological polar surface area (TPSA) is 102 Å². The number of carboxylic acids is 1. The largest absolute Gasteiger partial charge is 0.480 e. The van der Waals surface area contributed by atoms with E-state index in [-0.39, 0.29) is 11.9 Å². The fraction of sp³-hybridized carbons (Fsp3) is 0.833. The van der Waals surface area contributed by atoms with Crippen LogP contribution in [0.2, 0.25) is 0 Å². The van der Waals surface area contributed by atoms with E-state index in [2.05, 4.69) is 5.32 Å². The minimum Gasteiger partial charge on any atom is -0.480 e. The van der Waals surface area contributed by atoms with Crippen LogP contribution >= 0.6 is 0 Å². The molecule has 0 aliphatic carbocycles. The molecule has 6 heteroatoms. The van der Waals surface area contributed by atoms with Gasteiger partial charge < -0.3 is 20.9 Å². The van der Waals surface area contributed by atoms with Crippen LogP contribution in [0.1, 0.15) is 39.0 Å². The first kappa shape index (κ1) is 16.9. The van der Waals surface area contributed by atoms with Gasteiger partial charge in [0.25, 0.3) is 0 Å². The number of carbonyl (C=O) groups excluding carboxylic acids is 1. The zero-order valence-corrected chi connectivity index (χ0v) is 11.1. The number of aliphatic carboxylic acids is 1. The SMILES string of the molecule is COCCCC(NC(=O)CCCC(C)N)C(=O)O. The number of rotatable bonds is 10. The molecule has 0 rings (SSSR count). The summed E-state index contributed by atoms with van der Waals surface area (Å²) in [5.41, 5.74) is 5.57. The lowest BCUT2D eigenvalue weighted by atomic mass is 10.1. The van der Waals surface area contributed by atoms with E-state index in [0.29, 0.717) is 32.3 Å². The molecule has 0 aromatic rings. The van der Waals surface area contributed by atoms with Crippen molar-refractivity contribution in [3.05, 3.63) is 0 Å². The van der Waals surface area contributed by atoms with Gasteiger partial charge in [0, 0.05) is 26.2 Å². The summed E-state index contributed by atoms with van der Waals surface area (Å²) in [7, 11) is 1.56. The molecule has 0 aliphatic rings. The molecule has 0 fully saturated rings. The van der Waals surface area contributed by atoms with Gasteiger partial charge in [0.2, 0.25) is 5.91 Å². The second kappa shape index (κ2) is 9.85. The van der Waals surface area contributed by atoms with Crippen LogP contribution in [0.25, 0.3) is 0 Å². The molecule has 1 amide bonds. The van der Waals surface area contributed by atoms with E-state index in [9.17, 15) is 9.59 Å². The van der Waals surface area contributed by atoms with E-state index >= 15 is 0 Å². The van der Waals surface area contributed by atoms with Crippen LogP contribution in [-0.4, -0.2) is 42.8 Å². The lowest BCUT2D eigenvalue weighted by molar-refractivity contribution is -0.142. The number of hydrogen-bond donors (Lipinski definition) is 3. The van der Waals surface area contributed by atoms with Crippen molar-refractivity contribution in [1.29, 1.82) is 0 Å². The van der Waals surface area contributed by atoms with Gasteiger partial charge in [-0.05, 0) is 32.6 Å². The van der Waals surface area contributed by atoms with E-state index < -0.39 is 12.0 Å². The average molecular weight is 260 g/mol. The van der Waals surface area contributed by atoms with Crippen LogP contribution in [0.5, 0.6) is 0 Å². The van der Waals surface area contributed by atoms with E-state index in [4.69, 9.17) is 15.6 Å². The number of carboxylic acid groups (broad SMARTS) is 1. The van der Waals surface area contributed by atoms with Gasteiger partial charge in [0.1, 0.15) is 6.04 Å². The molecule has 6 nitrogen and oxygen atoms in total. The van der Waals surface area contributed by atoms with Crippen molar-refractivity contribution in [3.63, 3.8) is 0 Å². The molecule has 106 valence electrons. The molecule has 0 bridgehead atoms. The second-order valence-corrected chi connectivity index (χ2v) is 4.46. The number of hydrogen-bond acceptors (Lipinski definition) is 4. The van der Waals surface area contributed by atoms with E-state index in [0.717, 1.165) is 6.42 Å². The van der Waals surface area contributed by atoms with Crippen LogP contribution in [0, 0.1) is 0 Å². The Hall–Kier alpha value is -1.14. The molecule has 0 aromatic carbocycles. The minimum atomic E-state index is -1.01. The van der Waals surface area contributed by atoms with Gasteiger partial charge in [0.15, 0.2) is 0 Å². The van der Waals surface area contributed by atoms with Gasteiger partial charge in [0.05, 0.1) is 0 Å². The van der Waals surface area contributed by atoms with Crippen molar-refractivity contribution in [2.45, 2.75) is 51.1 Å². The predicted molar refractivity (Wildman–Crippen MR) is 68.2 cm³/mol. The zero-order chi connectivity index (χ0) is 14.0. The Morgan fingerprint density at radius 2 is 2.00 bits per heavy atom. The van der Waals surface area contributed by atoms with Gasteiger partial charge in [-0.15, -0.1) is 0 Å². The number of nitrogens with two attached hydrogens (primary N) is 1. The number of amides is 1. The summed E-state index contributed by atoms with van der Waals surface area (Å²) in [5.74, 6) is -1.24. The number of nitrogens with one attached hydrogen (secondary N) is 1. The Labute approximate surface area is 108 Å². The highest BCUT2D eigenvalue weighted by Gasteiger charge is 2.18. The van der Waals surface area contributed by atoms with E-state index in [1.165, 1.54) is 0 Å². The summed E-state index contributed by atoms with van der Waals surface area (Å²) in [6.45, 7) is 2.37. The highest BCUT2D eigenvalue weighted by Crippen LogP contribution is 2.02. The fourth-order valence-electron chi connectivity index (χ4n) is 1.54. The Morgan fingerprint density at radius 3 is 2.50 bits per heavy atom. The number of methoxy groups -OCH3 is 1. The first-order valence-corrected chi connectivity index (χ1v) is 6.24. The molecule has 2 unspecified atom stereocenters. The maximum absolute atomic E-state index is 11.5. The highest BCUT2D eigenvalue weighted by molar-refractivity contribution is 5.83. The van der Waals surface area contributed by atoms with Crippen molar-refractivity contribution in [2.24, 2.45) is 5.73 Å². The van der Waals surface area contributed by atoms with Gasteiger partial charge in [-0.25, -0.2) is 4.79 Å². The summed E-state index contributed by atoms with van der Waals surface area (Å²) < 4.78 is 4.85. The first-order chi connectivity index (χ1) is 8.47. The second-order valence-electron chi connectivity index (χ2n) is 4.46. The fourth-order valence-corrected chi connectivity index (χ4v) is 1.54. The Balaban J connectivity index is 3.92. The molecule has 18 heavy (non-hydrogen) atoms. The average Bonchev–Trinajstić information content (AvgIpc) is 2.27. The van der Waals surface area contributed by atoms with Crippen molar-refractivity contribution in [2.75, 3.05) is 13.7 Å². The molecule has 0 spiro atoms. The highest BCUT2D eigenvalue weighted by atomic mass is 16.5. The van der Waals surface area contributed by atoms with Crippen molar-refractivity contribution >= 4 is 11.9 Å². The summed E-state index contributed by atoms with van der Waals surface area (Å²) in [6.07, 6.45) is 2.73. The van der Waals surface area contributed by atoms with Crippen molar-refractivity contribution in [1.82, 2.24) is 5.32 Å². The monoisotopic (exact) mass is 260 g/mol. The molecule has 4 N–H and O–H groups in total. The predicted octanol–water partition coefficient (Wildman–Crippen LogP) is 0.500. The Bertz CT molecular complexity index is 256. The third kappa shape index (κ3) is 8.95. The van der Waals surface area contributed by atoms with E-state index in [1.54, 1.807) is 7.11 Å². The van der Waals surface area contributed by atoms with Crippen molar-refractivity contribution in [3.8, 4) is 0 Å². The summed E-state index contributed by atoms with van der Waals surface area (Å²) >= 11 is 0. The number of ether oxygens (including phenoxy) is 1.